The van der Waals surface area contributed by atoms with Crippen LogP contribution in [0, 0.1) is 5.92 Å². The number of hydrogen-bond acceptors (Lipinski definition) is 6. The van der Waals surface area contributed by atoms with Crippen LogP contribution < -0.4 is 10.2 Å². The summed E-state index contributed by atoms with van der Waals surface area (Å²) >= 11 is 0. The van der Waals surface area contributed by atoms with Gasteiger partial charge < -0.3 is 19.9 Å². The Morgan fingerprint density at radius 3 is 2.71 bits per heavy atom. The van der Waals surface area contributed by atoms with Gasteiger partial charge in [0.1, 0.15) is 5.82 Å². The largest absolute Gasteiger partial charge is 0.376 e. The molecule has 28 heavy (non-hydrogen) atoms. The summed E-state index contributed by atoms with van der Waals surface area (Å²) in [5, 5.41) is 3.60. The van der Waals surface area contributed by atoms with Crippen molar-refractivity contribution in [2.75, 3.05) is 36.5 Å². The summed E-state index contributed by atoms with van der Waals surface area (Å²) in [5.41, 5.74) is 0. The molecular formula is C21H33N5O2. The van der Waals surface area contributed by atoms with E-state index < -0.39 is 0 Å². The molecule has 0 aromatic carbocycles. The van der Waals surface area contributed by atoms with E-state index in [1.165, 1.54) is 0 Å². The van der Waals surface area contributed by atoms with E-state index in [4.69, 9.17) is 9.72 Å². The van der Waals surface area contributed by atoms with Crippen molar-refractivity contribution in [2.24, 2.45) is 5.92 Å². The molecule has 1 aromatic rings. The molecule has 7 nitrogen and oxygen atoms in total. The molecule has 4 heterocycles. The van der Waals surface area contributed by atoms with E-state index >= 15 is 0 Å². The number of amides is 1. The number of nitrogens with zero attached hydrogens (tertiary/aromatic N) is 4. The molecular weight excluding hydrogens is 354 g/mol. The number of anilines is 2. The van der Waals surface area contributed by atoms with Gasteiger partial charge in [0.15, 0.2) is 0 Å². The van der Waals surface area contributed by atoms with E-state index in [1.807, 2.05) is 12.3 Å². The zero-order chi connectivity index (χ0) is 19.5. The fourth-order valence-electron chi connectivity index (χ4n) is 4.82. The van der Waals surface area contributed by atoms with E-state index in [-0.39, 0.29) is 6.10 Å². The van der Waals surface area contributed by atoms with Gasteiger partial charge in [0.2, 0.25) is 11.9 Å². The van der Waals surface area contributed by atoms with E-state index in [2.05, 4.69) is 33.9 Å². The van der Waals surface area contributed by atoms with Gasteiger partial charge >= 0.3 is 0 Å². The molecule has 154 valence electrons. The van der Waals surface area contributed by atoms with Gasteiger partial charge in [0, 0.05) is 44.9 Å². The lowest BCUT2D eigenvalue weighted by atomic mass is 9.94. The SMILES string of the molecule is CC(C)[C@H]1OCCC[C@H]1Nc1ccnc(N2CCC(N3CCCC3=O)CC2)n1. The maximum Gasteiger partial charge on any atom is 0.227 e. The number of nitrogens with one attached hydrogen (secondary N) is 1. The van der Waals surface area contributed by atoms with Gasteiger partial charge in [0.05, 0.1) is 12.1 Å². The predicted octanol–water partition coefficient (Wildman–Crippen LogP) is 2.68. The minimum Gasteiger partial charge on any atom is -0.376 e. The Morgan fingerprint density at radius 2 is 2.00 bits per heavy atom. The molecule has 0 unspecified atom stereocenters. The Labute approximate surface area is 167 Å². The second-order valence-electron chi connectivity index (χ2n) is 8.62. The topological polar surface area (TPSA) is 70.6 Å². The number of piperidine rings is 1. The summed E-state index contributed by atoms with van der Waals surface area (Å²) in [5.74, 6) is 2.47. The van der Waals surface area contributed by atoms with Gasteiger partial charge in [-0.3, -0.25) is 4.79 Å². The van der Waals surface area contributed by atoms with E-state index in [0.29, 0.717) is 23.9 Å². The molecule has 1 aromatic heterocycles. The fourth-order valence-corrected chi connectivity index (χ4v) is 4.82. The molecule has 3 fully saturated rings. The molecule has 7 heteroatoms. The van der Waals surface area contributed by atoms with Crippen molar-refractivity contribution in [3.8, 4) is 0 Å². The Kier molecular flexibility index (Phi) is 5.99. The fraction of sp³-hybridized carbons (Fsp3) is 0.762. The zero-order valence-corrected chi connectivity index (χ0v) is 17.1. The summed E-state index contributed by atoms with van der Waals surface area (Å²) in [6, 6.07) is 2.63. The molecule has 0 aliphatic carbocycles. The Bertz CT molecular complexity index is 675. The number of carbonyl (C=O) groups is 1. The van der Waals surface area contributed by atoms with Crippen molar-refractivity contribution in [3.05, 3.63) is 12.3 Å². The first-order chi connectivity index (χ1) is 13.6. The van der Waals surface area contributed by atoms with Gasteiger partial charge in [-0.25, -0.2) is 4.98 Å². The highest BCUT2D eigenvalue weighted by Gasteiger charge is 2.32. The standard InChI is InChI=1S/C21H33N5O2/c1-15(2)20-17(5-4-14-28-20)23-18-7-10-22-21(24-18)25-12-8-16(9-13-25)26-11-3-6-19(26)27/h7,10,15-17,20H,3-6,8-9,11-14H2,1-2H3,(H,22,23,24)/t17-,20-/m1/s1. The van der Waals surface area contributed by atoms with Crippen LogP contribution >= 0.6 is 0 Å². The van der Waals surface area contributed by atoms with Crippen LogP contribution in [0.5, 0.6) is 0 Å². The normalized spacial score (nSPS) is 26.9. The van der Waals surface area contributed by atoms with Crippen molar-refractivity contribution >= 4 is 17.7 Å². The zero-order valence-electron chi connectivity index (χ0n) is 17.1. The highest BCUT2D eigenvalue weighted by molar-refractivity contribution is 5.78. The second-order valence-corrected chi connectivity index (χ2v) is 8.62. The van der Waals surface area contributed by atoms with Crippen molar-refractivity contribution in [1.29, 1.82) is 0 Å². The smallest absolute Gasteiger partial charge is 0.227 e. The van der Waals surface area contributed by atoms with E-state index in [1.54, 1.807) is 0 Å². The third-order valence-corrected chi connectivity index (χ3v) is 6.30. The second kappa shape index (κ2) is 8.64. The minimum atomic E-state index is 0.223. The van der Waals surface area contributed by atoms with Gasteiger partial charge in [-0.1, -0.05) is 13.8 Å². The lowest BCUT2D eigenvalue weighted by Crippen LogP contribution is -2.46. The van der Waals surface area contributed by atoms with Gasteiger partial charge in [-0.05, 0) is 44.1 Å². The lowest BCUT2D eigenvalue weighted by Gasteiger charge is -2.37. The predicted molar refractivity (Wildman–Crippen MR) is 109 cm³/mol. The first kappa shape index (κ1) is 19.4. The number of carbonyl (C=O) groups excluding carboxylic acids is 1. The molecule has 3 aliphatic rings. The molecule has 4 rings (SSSR count). The summed E-state index contributed by atoms with van der Waals surface area (Å²) in [7, 11) is 0. The summed E-state index contributed by atoms with van der Waals surface area (Å²) in [6.07, 6.45) is 7.99. The van der Waals surface area contributed by atoms with Crippen LogP contribution in [-0.4, -0.2) is 65.2 Å². The molecule has 1 N–H and O–H groups in total. The molecule has 0 saturated carbocycles. The van der Waals surface area contributed by atoms with Crippen LogP contribution in [-0.2, 0) is 9.53 Å². The maximum absolute atomic E-state index is 12.0. The quantitative estimate of drug-likeness (QED) is 0.838. The summed E-state index contributed by atoms with van der Waals surface area (Å²) < 4.78 is 5.99. The van der Waals surface area contributed by atoms with Crippen LogP contribution in [0.1, 0.15) is 52.4 Å². The molecule has 3 saturated heterocycles. The maximum atomic E-state index is 12.0. The summed E-state index contributed by atoms with van der Waals surface area (Å²) in [4.78, 5) is 25.6. The third kappa shape index (κ3) is 4.24. The molecule has 3 aliphatic heterocycles. The van der Waals surface area contributed by atoms with Crippen molar-refractivity contribution in [3.63, 3.8) is 0 Å². The molecule has 0 bridgehead atoms. The van der Waals surface area contributed by atoms with Crippen molar-refractivity contribution in [2.45, 2.75) is 70.6 Å². The van der Waals surface area contributed by atoms with Crippen LogP contribution in [0.3, 0.4) is 0 Å². The number of rotatable bonds is 5. The van der Waals surface area contributed by atoms with Gasteiger partial charge in [0.25, 0.3) is 0 Å². The monoisotopic (exact) mass is 387 g/mol. The van der Waals surface area contributed by atoms with Crippen molar-refractivity contribution in [1.82, 2.24) is 14.9 Å². The Morgan fingerprint density at radius 1 is 1.18 bits per heavy atom. The first-order valence-electron chi connectivity index (χ1n) is 10.9. The van der Waals surface area contributed by atoms with Gasteiger partial charge in [-0.15, -0.1) is 0 Å². The molecule has 0 radical (unpaired) electrons. The van der Waals surface area contributed by atoms with Crippen LogP contribution in [0.15, 0.2) is 12.3 Å². The van der Waals surface area contributed by atoms with Crippen LogP contribution in [0.2, 0.25) is 0 Å². The highest BCUT2D eigenvalue weighted by Crippen LogP contribution is 2.26. The van der Waals surface area contributed by atoms with Crippen LogP contribution in [0.4, 0.5) is 11.8 Å². The first-order valence-corrected chi connectivity index (χ1v) is 10.9. The Hall–Kier alpha value is -1.89. The summed E-state index contributed by atoms with van der Waals surface area (Å²) in [6.45, 7) is 8.01. The average molecular weight is 388 g/mol. The third-order valence-electron chi connectivity index (χ3n) is 6.30. The number of likely N-dealkylation sites (tertiary alicyclic amines) is 1. The number of aromatic nitrogens is 2. The van der Waals surface area contributed by atoms with Crippen LogP contribution in [0.25, 0.3) is 0 Å². The molecule has 1 amide bonds. The molecule has 2 atom stereocenters. The van der Waals surface area contributed by atoms with E-state index in [9.17, 15) is 4.79 Å². The van der Waals surface area contributed by atoms with Gasteiger partial charge in [-0.2, -0.15) is 4.98 Å². The average Bonchev–Trinajstić information content (AvgIpc) is 3.14. The number of ether oxygens (including phenoxy) is 1. The minimum absolute atomic E-state index is 0.223. The Balaban J connectivity index is 1.37. The molecule has 0 spiro atoms. The number of hydrogen-bond donors (Lipinski definition) is 1. The van der Waals surface area contributed by atoms with E-state index in [0.717, 1.165) is 76.5 Å². The van der Waals surface area contributed by atoms with Crippen molar-refractivity contribution < 1.29 is 9.53 Å². The highest BCUT2D eigenvalue weighted by atomic mass is 16.5. The lowest BCUT2D eigenvalue weighted by molar-refractivity contribution is -0.130.